The van der Waals surface area contributed by atoms with E-state index in [4.69, 9.17) is 11.5 Å². The van der Waals surface area contributed by atoms with E-state index in [0.29, 0.717) is 37.4 Å². The van der Waals surface area contributed by atoms with Crippen LogP contribution in [0.3, 0.4) is 0 Å². The van der Waals surface area contributed by atoms with Gasteiger partial charge in [0.15, 0.2) is 5.82 Å². The van der Waals surface area contributed by atoms with Crippen molar-refractivity contribution in [2.45, 2.75) is 12.8 Å². The Kier molecular flexibility index (Phi) is 3.12. The van der Waals surface area contributed by atoms with Crippen molar-refractivity contribution >= 4 is 17.4 Å². The number of anilines is 2. The number of nitrogens with two attached hydrogens (primary N) is 2. The molecule has 0 unspecified atom stereocenters. The number of nitrogen functional groups attached to an aromatic ring is 1. The topological polar surface area (TPSA) is 85.2 Å². The first kappa shape index (κ1) is 11.6. The third-order valence-corrected chi connectivity index (χ3v) is 3.06. The van der Waals surface area contributed by atoms with Crippen LogP contribution in [0.15, 0.2) is 12.3 Å². The Bertz CT molecular complexity index is 429. The molecule has 17 heavy (non-hydrogen) atoms. The summed E-state index contributed by atoms with van der Waals surface area (Å²) < 4.78 is 12.9. The van der Waals surface area contributed by atoms with E-state index in [1.54, 1.807) is 0 Å². The first-order chi connectivity index (χ1) is 8.08. The van der Waals surface area contributed by atoms with E-state index in [0.717, 1.165) is 6.20 Å². The molecule has 6 heteroatoms. The van der Waals surface area contributed by atoms with Crippen molar-refractivity contribution < 1.29 is 9.18 Å². The van der Waals surface area contributed by atoms with Gasteiger partial charge in [0, 0.05) is 25.1 Å². The molecule has 5 nitrogen and oxygen atoms in total. The number of rotatable bonds is 2. The highest BCUT2D eigenvalue weighted by Gasteiger charge is 2.24. The van der Waals surface area contributed by atoms with Gasteiger partial charge in [-0.3, -0.25) is 4.79 Å². The Morgan fingerprint density at radius 3 is 2.65 bits per heavy atom. The van der Waals surface area contributed by atoms with Crippen molar-refractivity contribution in [3.63, 3.8) is 0 Å². The van der Waals surface area contributed by atoms with E-state index < -0.39 is 5.82 Å². The maximum absolute atomic E-state index is 12.9. The van der Waals surface area contributed by atoms with Gasteiger partial charge in [-0.25, -0.2) is 9.37 Å². The zero-order valence-electron chi connectivity index (χ0n) is 9.40. The third-order valence-electron chi connectivity index (χ3n) is 3.06. The van der Waals surface area contributed by atoms with E-state index in [9.17, 15) is 9.18 Å². The summed E-state index contributed by atoms with van der Waals surface area (Å²) in [6.07, 6.45) is 2.52. The lowest BCUT2D eigenvalue weighted by molar-refractivity contribution is -0.122. The zero-order chi connectivity index (χ0) is 12.4. The highest BCUT2D eigenvalue weighted by molar-refractivity contribution is 5.77. The van der Waals surface area contributed by atoms with Crippen molar-refractivity contribution in [1.29, 1.82) is 0 Å². The summed E-state index contributed by atoms with van der Waals surface area (Å²) in [5.74, 6) is -0.204. The number of piperidine rings is 1. The molecule has 1 aliphatic heterocycles. The number of halogens is 1. The summed E-state index contributed by atoms with van der Waals surface area (Å²) in [6, 6.07) is 1.25. The average Bonchev–Trinajstić information content (AvgIpc) is 2.29. The second-order valence-corrected chi connectivity index (χ2v) is 4.23. The van der Waals surface area contributed by atoms with Crippen LogP contribution in [0.2, 0.25) is 0 Å². The van der Waals surface area contributed by atoms with Crippen LogP contribution < -0.4 is 16.4 Å². The fourth-order valence-electron chi connectivity index (χ4n) is 2.09. The van der Waals surface area contributed by atoms with Crippen LogP contribution in [0.25, 0.3) is 0 Å². The predicted octanol–water partition coefficient (Wildman–Crippen LogP) is 0.505. The first-order valence-corrected chi connectivity index (χ1v) is 5.53. The molecule has 2 heterocycles. The molecule has 1 aromatic heterocycles. The lowest BCUT2D eigenvalue weighted by Crippen LogP contribution is -2.39. The van der Waals surface area contributed by atoms with Crippen LogP contribution >= 0.6 is 0 Å². The molecule has 0 aromatic carbocycles. The fraction of sp³-hybridized carbons (Fsp3) is 0.455. The number of primary amides is 1. The molecule has 92 valence electrons. The fourth-order valence-corrected chi connectivity index (χ4v) is 2.09. The van der Waals surface area contributed by atoms with E-state index in [-0.39, 0.29) is 11.8 Å². The van der Waals surface area contributed by atoms with Gasteiger partial charge in [-0.1, -0.05) is 0 Å². The van der Waals surface area contributed by atoms with Crippen LogP contribution in [-0.2, 0) is 4.79 Å². The van der Waals surface area contributed by atoms with Gasteiger partial charge in [-0.15, -0.1) is 0 Å². The van der Waals surface area contributed by atoms with Gasteiger partial charge in [-0.05, 0) is 12.8 Å². The van der Waals surface area contributed by atoms with Gasteiger partial charge in [0.2, 0.25) is 5.91 Å². The molecule has 4 N–H and O–H groups in total. The SMILES string of the molecule is NC(=O)C1CCN(c2ncc(F)cc2N)CC1. The second-order valence-electron chi connectivity index (χ2n) is 4.23. The first-order valence-electron chi connectivity index (χ1n) is 5.53. The molecule has 0 spiro atoms. The number of aromatic nitrogens is 1. The van der Waals surface area contributed by atoms with Crippen LogP contribution in [0.5, 0.6) is 0 Å². The van der Waals surface area contributed by atoms with Gasteiger partial charge < -0.3 is 16.4 Å². The number of hydrogen-bond donors (Lipinski definition) is 2. The molecule has 0 bridgehead atoms. The summed E-state index contributed by atoms with van der Waals surface area (Å²) in [5.41, 5.74) is 11.3. The molecule has 0 atom stereocenters. The number of amides is 1. The largest absolute Gasteiger partial charge is 0.396 e. The molecular weight excluding hydrogens is 223 g/mol. The monoisotopic (exact) mass is 238 g/mol. The summed E-state index contributed by atoms with van der Waals surface area (Å²) in [4.78, 5) is 17.0. The summed E-state index contributed by atoms with van der Waals surface area (Å²) >= 11 is 0. The number of hydrogen-bond acceptors (Lipinski definition) is 4. The highest BCUT2D eigenvalue weighted by Crippen LogP contribution is 2.26. The Hall–Kier alpha value is -1.85. The van der Waals surface area contributed by atoms with Crippen LogP contribution in [-0.4, -0.2) is 24.0 Å². The lowest BCUT2D eigenvalue weighted by atomic mass is 9.96. The molecule has 2 rings (SSSR count). The van der Waals surface area contributed by atoms with Crippen molar-refractivity contribution in [3.8, 4) is 0 Å². The summed E-state index contributed by atoms with van der Waals surface area (Å²) in [7, 11) is 0. The predicted molar refractivity (Wildman–Crippen MR) is 62.7 cm³/mol. The summed E-state index contributed by atoms with van der Waals surface area (Å²) in [6.45, 7) is 1.33. The number of carbonyl (C=O) groups is 1. The normalized spacial score (nSPS) is 17.1. The molecule has 1 aliphatic rings. The maximum atomic E-state index is 12.9. The quantitative estimate of drug-likeness (QED) is 0.785. The number of pyridine rings is 1. The molecule has 1 aromatic rings. The Morgan fingerprint density at radius 2 is 2.12 bits per heavy atom. The molecular formula is C11H15FN4O. The minimum absolute atomic E-state index is 0.0760. The van der Waals surface area contributed by atoms with Gasteiger partial charge >= 0.3 is 0 Å². The Labute approximate surface area is 98.6 Å². The standard InChI is InChI=1S/C11H15FN4O/c12-8-5-9(13)11(15-6-8)16-3-1-7(2-4-16)10(14)17/h5-7H,1-4,13H2,(H2,14,17). The number of carbonyl (C=O) groups excluding carboxylic acids is 1. The molecule has 1 amide bonds. The minimum atomic E-state index is -0.446. The van der Waals surface area contributed by atoms with Gasteiger partial charge in [0.05, 0.1) is 11.9 Å². The molecule has 0 aliphatic carbocycles. The van der Waals surface area contributed by atoms with Crippen LogP contribution in [0, 0.1) is 11.7 Å². The molecule has 0 radical (unpaired) electrons. The van der Waals surface area contributed by atoms with E-state index in [1.165, 1.54) is 6.07 Å². The molecule has 1 saturated heterocycles. The maximum Gasteiger partial charge on any atom is 0.220 e. The lowest BCUT2D eigenvalue weighted by Gasteiger charge is -2.32. The van der Waals surface area contributed by atoms with Gasteiger partial charge in [-0.2, -0.15) is 0 Å². The van der Waals surface area contributed by atoms with Crippen molar-refractivity contribution in [3.05, 3.63) is 18.1 Å². The van der Waals surface area contributed by atoms with Crippen molar-refractivity contribution in [2.24, 2.45) is 11.7 Å². The van der Waals surface area contributed by atoms with E-state index >= 15 is 0 Å². The zero-order valence-corrected chi connectivity index (χ0v) is 9.40. The highest BCUT2D eigenvalue weighted by atomic mass is 19.1. The van der Waals surface area contributed by atoms with Crippen molar-refractivity contribution in [1.82, 2.24) is 4.98 Å². The summed E-state index contributed by atoms with van der Waals surface area (Å²) in [5, 5.41) is 0. The van der Waals surface area contributed by atoms with Crippen molar-refractivity contribution in [2.75, 3.05) is 23.7 Å². The third kappa shape index (κ3) is 2.46. The van der Waals surface area contributed by atoms with Gasteiger partial charge in [0.25, 0.3) is 0 Å². The smallest absolute Gasteiger partial charge is 0.220 e. The van der Waals surface area contributed by atoms with Crippen LogP contribution in [0.1, 0.15) is 12.8 Å². The molecule has 0 saturated carbocycles. The Balaban J connectivity index is 2.08. The van der Waals surface area contributed by atoms with E-state index in [1.807, 2.05) is 4.90 Å². The number of nitrogens with zero attached hydrogens (tertiary/aromatic N) is 2. The minimum Gasteiger partial charge on any atom is -0.396 e. The Morgan fingerprint density at radius 1 is 1.47 bits per heavy atom. The van der Waals surface area contributed by atoms with Crippen LogP contribution in [0.4, 0.5) is 15.9 Å². The van der Waals surface area contributed by atoms with Gasteiger partial charge in [0.1, 0.15) is 5.82 Å². The average molecular weight is 238 g/mol. The van der Waals surface area contributed by atoms with E-state index in [2.05, 4.69) is 4.98 Å². The molecule has 1 fully saturated rings. The second kappa shape index (κ2) is 4.57.